The highest BCUT2D eigenvalue weighted by Crippen LogP contribution is 2.46. The first-order chi connectivity index (χ1) is 19.5. The second kappa shape index (κ2) is 9.82. The lowest BCUT2D eigenvalue weighted by Crippen LogP contribution is -2.57. The first-order valence-corrected chi connectivity index (χ1v) is 13.1. The van der Waals surface area contributed by atoms with Crippen molar-refractivity contribution in [1.29, 1.82) is 0 Å². The summed E-state index contributed by atoms with van der Waals surface area (Å²) in [7, 11) is 1.73. The van der Waals surface area contributed by atoms with E-state index in [1.54, 1.807) is 28.7 Å². The number of halogens is 3. The number of para-hydroxylation sites is 1. The topological polar surface area (TPSA) is 106 Å². The maximum Gasteiger partial charge on any atom is 0.282 e. The Kier molecular flexibility index (Phi) is 6.39. The molecule has 2 amide bonds. The van der Waals surface area contributed by atoms with Gasteiger partial charge in [-0.05, 0) is 29.3 Å². The van der Waals surface area contributed by atoms with Crippen molar-refractivity contribution in [2.45, 2.75) is 36.4 Å². The minimum atomic E-state index is -2.82. The average molecular weight is 566 g/mol. The number of fused-ring (bicyclic) bond motifs is 2. The number of hydrogen-bond acceptors (Lipinski definition) is 7. The van der Waals surface area contributed by atoms with Crippen molar-refractivity contribution in [3.8, 4) is 0 Å². The molecule has 3 atom stereocenters. The second-order valence-electron chi connectivity index (χ2n) is 10.8. The molecule has 41 heavy (non-hydrogen) atoms. The van der Waals surface area contributed by atoms with E-state index >= 15 is 0 Å². The number of likely N-dealkylation sites (tertiary alicyclic amines) is 1. The fourth-order valence-corrected chi connectivity index (χ4v) is 5.85. The predicted molar refractivity (Wildman–Crippen MR) is 145 cm³/mol. The molecule has 2 saturated heterocycles. The quantitative estimate of drug-likeness (QED) is 0.335. The van der Waals surface area contributed by atoms with E-state index in [1.807, 2.05) is 24.3 Å². The third-order valence-corrected chi connectivity index (χ3v) is 7.87. The fraction of sp³-hybridized carbons (Fsp3) is 0.357. The summed E-state index contributed by atoms with van der Waals surface area (Å²) in [5, 5.41) is 5.97. The van der Waals surface area contributed by atoms with Crippen LogP contribution in [0.4, 0.5) is 30.8 Å². The summed E-state index contributed by atoms with van der Waals surface area (Å²) in [5.74, 6) is -3.77. The number of nitrogens with zero attached hydrogens (tertiary/aromatic N) is 6. The van der Waals surface area contributed by atoms with E-state index in [0.717, 1.165) is 5.56 Å². The lowest BCUT2D eigenvalue weighted by atomic mass is 9.80. The van der Waals surface area contributed by atoms with Gasteiger partial charge in [0.05, 0.1) is 19.5 Å². The van der Waals surface area contributed by atoms with Crippen LogP contribution in [0.15, 0.2) is 54.9 Å². The molecule has 212 valence electrons. The van der Waals surface area contributed by atoms with Gasteiger partial charge in [0.1, 0.15) is 37.4 Å². The number of nitrogens with one attached hydrogen (secondary N) is 2. The molecule has 2 N–H and O–H groups in total. The summed E-state index contributed by atoms with van der Waals surface area (Å²) in [6.45, 7) is 3.10. The van der Waals surface area contributed by atoms with E-state index in [-0.39, 0.29) is 36.7 Å². The zero-order chi connectivity index (χ0) is 28.9. The average Bonchev–Trinajstić information content (AvgIpc) is 3.45. The molecule has 2 aromatic carbocycles. The molecule has 10 nitrogen and oxygen atoms in total. The van der Waals surface area contributed by atoms with Gasteiger partial charge in [0.25, 0.3) is 11.8 Å². The van der Waals surface area contributed by atoms with Crippen molar-refractivity contribution in [2.75, 3.05) is 42.2 Å². The van der Waals surface area contributed by atoms with Crippen LogP contribution in [0, 0.1) is 5.82 Å². The monoisotopic (exact) mass is 565 g/mol. The summed E-state index contributed by atoms with van der Waals surface area (Å²) < 4.78 is 42.6. The molecule has 0 aliphatic carbocycles. The standard InChI is InChI=1S/C28H27F3N8O2/c1-37(2)22-12-27(19-8-3-4-9-20(19)34-24(27)41)13-39(22)23(40)21(11-17-6-5-7-18(29)10-17)35-25-32-16-33-26(36-25)38-14-28(30,31)15-38/h3-10,16,21-22H,1,11-15H2,2H3,(H-,32,33,34,35,36,41)/p+1/t21-,22-,27-/m0/s1. The van der Waals surface area contributed by atoms with Crippen molar-refractivity contribution >= 4 is 36.1 Å². The number of anilines is 3. The van der Waals surface area contributed by atoms with Gasteiger partial charge in [0.2, 0.25) is 24.0 Å². The number of hydrogen-bond donors (Lipinski definition) is 2. The van der Waals surface area contributed by atoms with Crippen molar-refractivity contribution < 1.29 is 27.3 Å². The second-order valence-corrected chi connectivity index (χ2v) is 10.8. The lowest BCUT2D eigenvalue weighted by Gasteiger charge is -2.38. The zero-order valence-electron chi connectivity index (χ0n) is 22.2. The van der Waals surface area contributed by atoms with Gasteiger partial charge in [-0.3, -0.25) is 14.5 Å². The third kappa shape index (κ3) is 4.85. The highest BCUT2D eigenvalue weighted by atomic mass is 19.3. The number of amides is 2. The van der Waals surface area contributed by atoms with Crippen LogP contribution >= 0.6 is 0 Å². The molecule has 4 heterocycles. The van der Waals surface area contributed by atoms with Crippen molar-refractivity contribution in [2.24, 2.45) is 0 Å². The van der Waals surface area contributed by atoms with Gasteiger partial charge in [0.15, 0.2) is 0 Å². The smallest absolute Gasteiger partial charge is 0.282 e. The number of aromatic nitrogens is 3. The number of rotatable bonds is 7. The maximum absolute atomic E-state index is 14.3. The summed E-state index contributed by atoms with van der Waals surface area (Å²) in [4.78, 5) is 42.9. The van der Waals surface area contributed by atoms with Crippen molar-refractivity contribution in [1.82, 2.24) is 19.9 Å². The molecule has 13 heteroatoms. The minimum Gasteiger partial charge on any atom is -0.342 e. The molecule has 3 aliphatic rings. The summed E-state index contributed by atoms with van der Waals surface area (Å²) in [5.41, 5.74) is 1.11. The Balaban J connectivity index is 1.32. The van der Waals surface area contributed by atoms with Crippen LogP contribution in [0.25, 0.3) is 0 Å². The van der Waals surface area contributed by atoms with Gasteiger partial charge in [-0.25, -0.2) is 27.7 Å². The highest BCUT2D eigenvalue weighted by Gasteiger charge is 2.59. The molecule has 1 spiro atoms. The Labute approximate surface area is 233 Å². The Hall–Kier alpha value is -4.55. The van der Waals surface area contributed by atoms with E-state index < -0.39 is 42.5 Å². The van der Waals surface area contributed by atoms with Gasteiger partial charge < -0.3 is 15.5 Å². The van der Waals surface area contributed by atoms with Crippen LogP contribution in [0.1, 0.15) is 17.5 Å². The van der Waals surface area contributed by atoms with E-state index in [4.69, 9.17) is 0 Å². The summed E-state index contributed by atoms with van der Waals surface area (Å²) in [6, 6.07) is 12.3. The molecule has 3 aromatic rings. The third-order valence-electron chi connectivity index (χ3n) is 7.87. The summed E-state index contributed by atoms with van der Waals surface area (Å²) >= 11 is 0. The van der Waals surface area contributed by atoms with Crippen LogP contribution in [0.2, 0.25) is 0 Å². The fourth-order valence-electron chi connectivity index (χ4n) is 5.85. The van der Waals surface area contributed by atoms with Gasteiger partial charge in [-0.15, -0.1) is 0 Å². The minimum absolute atomic E-state index is 0.0114. The lowest BCUT2D eigenvalue weighted by molar-refractivity contribution is -0.549. The van der Waals surface area contributed by atoms with Gasteiger partial charge in [-0.2, -0.15) is 4.98 Å². The van der Waals surface area contributed by atoms with Crippen LogP contribution in [-0.2, 0) is 21.4 Å². The first-order valence-electron chi connectivity index (χ1n) is 13.1. The zero-order valence-corrected chi connectivity index (χ0v) is 22.2. The van der Waals surface area contributed by atoms with Crippen LogP contribution in [-0.4, -0.2) is 87.8 Å². The molecule has 2 fully saturated rings. The SMILES string of the molecule is C=[N+](C)[C@@H]1C[C@@]2(CN1C(=O)[C@H](Cc1cccc(F)c1)Nc1ncnc(N3CC(F)(F)C3)n1)C(=O)Nc1ccccc12. The number of benzene rings is 2. The Morgan fingerprint density at radius 2 is 1.98 bits per heavy atom. The van der Waals surface area contributed by atoms with Crippen LogP contribution in [0.3, 0.4) is 0 Å². The Morgan fingerprint density at radius 1 is 1.20 bits per heavy atom. The Bertz CT molecular complexity index is 1540. The molecular formula is C28H28F3N8O2+. The van der Waals surface area contributed by atoms with Crippen LogP contribution in [0.5, 0.6) is 0 Å². The largest absolute Gasteiger partial charge is 0.342 e. The number of carbonyl (C=O) groups is 2. The molecule has 3 aliphatic heterocycles. The van der Waals surface area contributed by atoms with Gasteiger partial charge >= 0.3 is 0 Å². The van der Waals surface area contributed by atoms with Crippen LogP contribution < -0.4 is 15.5 Å². The first kappa shape index (κ1) is 26.7. The maximum atomic E-state index is 14.3. The predicted octanol–water partition coefficient (Wildman–Crippen LogP) is 2.28. The summed E-state index contributed by atoms with van der Waals surface area (Å²) in [6.07, 6.45) is 1.06. The molecule has 0 radical (unpaired) electrons. The van der Waals surface area contributed by atoms with E-state index in [1.165, 1.54) is 23.4 Å². The molecule has 0 unspecified atom stereocenters. The highest BCUT2D eigenvalue weighted by molar-refractivity contribution is 6.07. The Morgan fingerprint density at radius 3 is 2.71 bits per heavy atom. The van der Waals surface area contributed by atoms with E-state index in [2.05, 4.69) is 32.3 Å². The molecular weight excluding hydrogens is 537 g/mol. The normalized spacial score (nSPS) is 23.1. The van der Waals surface area contributed by atoms with Gasteiger partial charge in [-0.1, -0.05) is 30.3 Å². The molecule has 0 saturated carbocycles. The van der Waals surface area contributed by atoms with E-state index in [0.29, 0.717) is 17.7 Å². The molecule has 1 aromatic heterocycles. The molecule has 6 rings (SSSR count). The molecule has 0 bridgehead atoms. The van der Waals surface area contributed by atoms with Crippen molar-refractivity contribution in [3.05, 3.63) is 71.8 Å². The van der Waals surface area contributed by atoms with E-state index in [9.17, 15) is 22.8 Å². The van der Waals surface area contributed by atoms with Crippen molar-refractivity contribution in [3.63, 3.8) is 0 Å². The number of carbonyl (C=O) groups excluding carboxylic acids is 2. The number of alkyl halides is 2. The van der Waals surface area contributed by atoms with Gasteiger partial charge in [0, 0.05) is 18.7 Å².